The minimum atomic E-state index is -3.19. The first-order chi connectivity index (χ1) is 7.55. The van der Waals surface area contributed by atoms with Gasteiger partial charge in [-0.05, 0) is 19.3 Å². The SMILES string of the molecule is CCCS(=O)(=O)NC1C(N)C2CCCOC21. The highest BCUT2D eigenvalue weighted by atomic mass is 32.2. The fourth-order valence-electron chi connectivity index (χ4n) is 2.63. The maximum absolute atomic E-state index is 11.6. The van der Waals surface area contributed by atoms with Gasteiger partial charge in [-0.3, -0.25) is 0 Å². The molecule has 1 saturated carbocycles. The summed E-state index contributed by atoms with van der Waals surface area (Å²) >= 11 is 0. The summed E-state index contributed by atoms with van der Waals surface area (Å²) in [7, 11) is -3.19. The van der Waals surface area contributed by atoms with Crippen LogP contribution in [0, 0.1) is 5.92 Å². The zero-order valence-electron chi connectivity index (χ0n) is 9.56. The fraction of sp³-hybridized carbons (Fsp3) is 1.00. The van der Waals surface area contributed by atoms with E-state index in [1.54, 1.807) is 0 Å². The summed E-state index contributed by atoms with van der Waals surface area (Å²) in [5, 5.41) is 0. The molecule has 1 saturated heterocycles. The van der Waals surface area contributed by atoms with Crippen molar-refractivity contribution in [1.29, 1.82) is 0 Å². The molecule has 1 aliphatic heterocycles. The Kier molecular flexibility index (Phi) is 3.53. The average Bonchev–Trinajstić information content (AvgIpc) is 2.26. The molecule has 94 valence electrons. The minimum Gasteiger partial charge on any atom is -0.376 e. The molecule has 2 aliphatic rings. The Labute approximate surface area is 96.8 Å². The lowest BCUT2D eigenvalue weighted by Crippen LogP contribution is -2.72. The molecule has 3 N–H and O–H groups in total. The van der Waals surface area contributed by atoms with Crippen molar-refractivity contribution in [2.45, 2.75) is 44.4 Å². The van der Waals surface area contributed by atoms with E-state index >= 15 is 0 Å². The molecule has 4 unspecified atom stereocenters. The van der Waals surface area contributed by atoms with Gasteiger partial charge in [-0.15, -0.1) is 0 Å². The number of fused-ring (bicyclic) bond motifs is 1. The third-order valence-electron chi connectivity index (χ3n) is 3.47. The molecule has 0 bridgehead atoms. The van der Waals surface area contributed by atoms with Gasteiger partial charge in [0.15, 0.2) is 0 Å². The lowest BCUT2D eigenvalue weighted by Gasteiger charge is -2.52. The van der Waals surface area contributed by atoms with Crippen LogP contribution in [0.2, 0.25) is 0 Å². The molecule has 4 atom stereocenters. The van der Waals surface area contributed by atoms with Gasteiger partial charge in [0.1, 0.15) is 0 Å². The topological polar surface area (TPSA) is 81.4 Å². The molecule has 0 aromatic heterocycles. The molecule has 0 spiro atoms. The second kappa shape index (κ2) is 4.60. The summed E-state index contributed by atoms with van der Waals surface area (Å²) < 4.78 is 31.5. The van der Waals surface area contributed by atoms with Crippen LogP contribution in [0.3, 0.4) is 0 Å². The van der Waals surface area contributed by atoms with E-state index in [0.29, 0.717) is 12.3 Å². The maximum atomic E-state index is 11.6. The molecule has 16 heavy (non-hydrogen) atoms. The highest BCUT2D eigenvalue weighted by Gasteiger charge is 2.51. The molecule has 0 aromatic carbocycles. The van der Waals surface area contributed by atoms with Crippen LogP contribution in [0.4, 0.5) is 0 Å². The molecule has 0 aromatic rings. The Balaban J connectivity index is 1.96. The van der Waals surface area contributed by atoms with Crippen LogP contribution < -0.4 is 10.5 Å². The van der Waals surface area contributed by atoms with E-state index in [-0.39, 0.29) is 23.9 Å². The highest BCUT2D eigenvalue weighted by Crippen LogP contribution is 2.37. The number of nitrogens with one attached hydrogen (secondary N) is 1. The van der Waals surface area contributed by atoms with Crippen molar-refractivity contribution in [1.82, 2.24) is 4.72 Å². The quantitative estimate of drug-likeness (QED) is 0.723. The van der Waals surface area contributed by atoms with Gasteiger partial charge in [-0.25, -0.2) is 13.1 Å². The zero-order chi connectivity index (χ0) is 11.8. The van der Waals surface area contributed by atoms with Gasteiger partial charge in [-0.2, -0.15) is 0 Å². The number of nitrogens with two attached hydrogens (primary N) is 1. The van der Waals surface area contributed by atoms with Crippen LogP contribution in [0.15, 0.2) is 0 Å². The van der Waals surface area contributed by atoms with E-state index in [2.05, 4.69) is 4.72 Å². The molecule has 1 heterocycles. The number of hydrogen-bond acceptors (Lipinski definition) is 4. The van der Waals surface area contributed by atoms with Crippen molar-refractivity contribution >= 4 is 10.0 Å². The van der Waals surface area contributed by atoms with Crippen molar-refractivity contribution in [2.24, 2.45) is 11.7 Å². The highest BCUT2D eigenvalue weighted by molar-refractivity contribution is 7.89. The Bertz CT molecular complexity index is 344. The molecule has 5 nitrogen and oxygen atoms in total. The summed E-state index contributed by atoms with van der Waals surface area (Å²) in [6.45, 7) is 2.57. The van der Waals surface area contributed by atoms with Crippen molar-refractivity contribution in [2.75, 3.05) is 12.4 Å². The largest absolute Gasteiger partial charge is 0.376 e. The lowest BCUT2D eigenvalue weighted by atomic mass is 9.69. The first-order valence-electron chi connectivity index (χ1n) is 5.92. The first-order valence-corrected chi connectivity index (χ1v) is 7.57. The standard InChI is InChI=1S/C10H20N2O3S/c1-2-6-16(13,14)12-9-8(11)7-4-3-5-15-10(7)9/h7-10,12H,2-6,11H2,1H3. The van der Waals surface area contributed by atoms with Gasteiger partial charge in [0.2, 0.25) is 10.0 Å². The molecule has 2 fully saturated rings. The molecule has 6 heteroatoms. The van der Waals surface area contributed by atoms with E-state index in [9.17, 15) is 8.42 Å². The van der Waals surface area contributed by atoms with E-state index < -0.39 is 10.0 Å². The Morgan fingerprint density at radius 2 is 2.25 bits per heavy atom. The molecular weight excluding hydrogens is 228 g/mol. The summed E-state index contributed by atoms with van der Waals surface area (Å²) in [5.74, 6) is 0.497. The van der Waals surface area contributed by atoms with Gasteiger partial charge >= 0.3 is 0 Å². The van der Waals surface area contributed by atoms with Crippen LogP contribution in [0.25, 0.3) is 0 Å². The van der Waals surface area contributed by atoms with Crippen molar-refractivity contribution in [3.63, 3.8) is 0 Å². The predicted octanol–water partition coefficient (Wildman–Crippen LogP) is -0.179. The summed E-state index contributed by atoms with van der Waals surface area (Å²) in [4.78, 5) is 0. The third-order valence-corrected chi connectivity index (χ3v) is 5.04. The third kappa shape index (κ3) is 2.25. The van der Waals surface area contributed by atoms with E-state index in [4.69, 9.17) is 10.5 Å². The normalized spacial score (nSPS) is 38.9. The second-order valence-electron chi connectivity index (χ2n) is 4.68. The molecule has 2 rings (SSSR count). The number of hydrogen-bond donors (Lipinski definition) is 2. The van der Waals surface area contributed by atoms with Crippen LogP contribution in [-0.4, -0.2) is 39.0 Å². The van der Waals surface area contributed by atoms with E-state index in [1.807, 2.05) is 6.92 Å². The van der Waals surface area contributed by atoms with Gasteiger partial charge < -0.3 is 10.5 Å². The van der Waals surface area contributed by atoms with E-state index in [0.717, 1.165) is 19.4 Å². The van der Waals surface area contributed by atoms with Gasteiger partial charge in [0.05, 0.1) is 17.9 Å². The lowest BCUT2D eigenvalue weighted by molar-refractivity contribution is -0.114. The second-order valence-corrected chi connectivity index (χ2v) is 6.55. The Morgan fingerprint density at radius 3 is 2.94 bits per heavy atom. The summed E-state index contributed by atoms with van der Waals surface area (Å²) in [6, 6.07) is -0.307. The van der Waals surface area contributed by atoms with Crippen molar-refractivity contribution in [3.05, 3.63) is 0 Å². The molecule has 1 aliphatic carbocycles. The minimum absolute atomic E-state index is 0.00428. The summed E-state index contributed by atoms with van der Waals surface area (Å²) in [6.07, 6.45) is 2.70. The number of rotatable bonds is 4. The van der Waals surface area contributed by atoms with Crippen LogP contribution >= 0.6 is 0 Å². The Hall–Kier alpha value is -0.170. The Morgan fingerprint density at radius 1 is 1.50 bits per heavy atom. The van der Waals surface area contributed by atoms with Gasteiger partial charge in [0.25, 0.3) is 0 Å². The summed E-state index contributed by atoms with van der Waals surface area (Å²) in [5.41, 5.74) is 5.97. The average molecular weight is 248 g/mol. The molecule has 0 radical (unpaired) electrons. The maximum Gasteiger partial charge on any atom is 0.211 e. The first kappa shape index (κ1) is 12.3. The van der Waals surface area contributed by atoms with Crippen LogP contribution in [0.5, 0.6) is 0 Å². The predicted molar refractivity (Wildman–Crippen MR) is 61.4 cm³/mol. The zero-order valence-corrected chi connectivity index (χ0v) is 10.4. The van der Waals surface area contributed by atoms with E-state index in [1.165, 1.54) is 0 Å². The van der Waals surface area contributed by atoms with Gasteiger partial charge in [0, 0.05) is 18.6 Å². The number of ether oxygens (including phenoxy) is 1. The van der Waals surface area contributed by atoms with Crippen LogP contribution in [0.1, 0.15) is 26.2 Å². The van der Waals surface area contributed by atoms with Crippen molar-refractivity contribution < 1.29 is 13.2 Å². The van der Waals surface area contributed by atoms with Crippen LogP contribution in [-0.2, 0) is 14.8 Å². The smallest absolute Gasteiger partial charge is 0.211 e. The van der Waals surface area contributed by atoms with Crippen molar-refractivity contribution in [3.8, 4) is 0 Å². The van der Waals surface area contributed by atoms with Gasteiger partial charge in [-0.1, -0.05) is 6.92 Å². The monoisotopic (exact) mass is 248 g/mol. The molecular formula is C10H20N2O3S. The molecule has 0 amide bonds. The number of sulfonamides is 1. The fourth-order valence-corrected chi connectivity index (χ4v) is 3.99.